The SMILES string of the molecule is CCC(Oc1cccc(C)c1C)C(=O)N1CCN(C=O)CC1. The molecule has 1 heterocycles. The van der Waals surface area contributed by atoms with Gasteiger partial charge in [0.05, 0.1) is 0 Å². The lowest BCUT2D eigenvalue weighted by Gasteiger charge is -2.34. The fraction of sp³-hybridized carbons (Fsp3) is 0.529. The maximum absolute atomic E-state index is 12.6. The molecule has 0 bridgehead atoms. The van der Waals surface area contributed by atoms with E-state index in [9.17, 15) is 9.59 Å². The van der Waals surface area contributed by atoms with Gasteiger partial charge in [0.1, 0.15) is 5.75 Å². The van der Waals surface area contributed by atoms with Crippen molar-refractivity contribution in [2.75, 3.05) is 26.2 Å². The molecule has 0 aliphatic carbocycles. The molecule has 1 saturated heterocycles. The Morgan fingerprint density at radius 2 is 1.95 bits per heavy atom. The van der Waals surface area contributed by atoms with Crippen molar-refractivity contribution < 1.29 is 14.3 Å². The van der Waals surface area contributed by atoms with Gasteiger partial charge in [0, 0.05) is 26.2 Å². The van der Waals surface area contributed by atoms with Crippen LogP contribution < -0.4 is 4.74 Å². The minimum absolute atomic E-state index is 0.00829. The summed E-state index contributed by atoms with van der Waals surface area (Å²) in [5.74, 6) is 0.778. The third-order valence-corrected chi connectivity index (χ3v) is 4.25. The van der Waals surface area contributed by atoms with Crippen LogP contribution in [0.4, 0.5) is 0 Å². The van der Waals surface area contributed by atoms with E-state index in [0.29, 0.717) is 32.6 Å². The first-order valence-electron chi connectivity index (χ1n) is 7.77. The molecule has 5 nitrogen and oxygen atoms in total. The zero-order chi connectivity index (χ0) is 16.1. The van der Waals surface area contributed by atoms with E-state index in [0.717, 1.165) is 23.3 Å². The highest BCUT2D eigenvalue weighted by molar-refractivity contribution is 5.81. The highest BCUT2D eigenvalue weighted by Gasteiger charge is 2.27. The molecule has 1 fully saturated rings. The largest absolute Gasteiger partial charge is 0.480 e. The van der Waals surface area contributed by atoms with Crippen molar-refractivity contribution in [3.05, 3.63) is 29.3 Å². The number of rotatable bonds is 5. The van der Waals surface area contributed by atoms with Gasteiger partial charge in [-0.1, -0.05) is 19.1 Å². The molecule has 1 aliphatic rings. The molecular weight excluding hydrogens is 280 g/mol. The molecule has 1 atom stereocenters. The number of piperazine rings is 1. The molecule has 0 spiro atoms. The molecule has 1 aromatic rings. The van der Waals surface area contributed by atoms with E-state index < -0.39 is 6.10 Å². The zero-order valence-electron chi connectivity index (χ0n) is 13.5. The highest BCUT2D eigenvalue weighted by atomic mass is 16.5. The van der Waals surface area contributed by atoms with E-state index >= 15 is 0 Å². The average Bonchev–Trinajstić information content (AvgIpc) is 2.55. The van der Waals surface area contributed by atoms with Crippen molar-refractivity contribution in [2.45, 2.75) is 33.3 Å². The molecule has 5 heteroatoms. The topological polar surface area (TPSA) is 49.9 Å². The number of ether oxygens (including phenoxy) is 1. The van der Waals surface area contributed by atoms with Crippen LogP contribution in [0.2, 0.25) is 0 Å². The van der Waals surface area contributed by atoms with Crippen molar-refractivity contribution >= 4 is 12.3 Å². The number of benzene rings is 1. The van der Waals surface area contributed by atoms with Crippen molar-refractivity contribution in [3.63, 3.8) is 0 Å². The summed E-state index contributed by atoms with van der Waals surface area (Å²) in [5.41, 5.74) is 2.22. The molecule has 120 valence electrons. The van der Waals surface area contributed by atoms with Crippen LogP contribution in [-0.4, -0.2) is 54.4 Å². The molecule has 2 rings (SSSR count). The van der Waals surface area contributed by atoms with Gasteiger partial charge in [-0.2, -0.15) is 0 Å². The van der Waals surface area contributed by atoms with Crippen molar-refractivity contribution in [3.8, 4) is 5.75 Å². The summed E-state index contributed by atoms with van der Waals surface area (Å²) in [6.45, 7) is 8.32. The number of aryl methyl sites for hydroxylation is 1. The monoisotopic (exact) mass is 304 g/mol. The second-order valence-electron chi connectivity index (χ2n) is 5.68. The van der Waals surface area contributed by atoms with Gasteiger partial charge < -0.3 is 14.5 Å². The quantitative estimate of drug-likeness (QED) is 0.779. The molecule has 22 heavy (non-hydrogen) atoms. The summed E-state index contributed by atoms with van der Waals surface area (Å²) < 4.78 is 5.97. The van der Waals surface area contributed by atoms with Gasteiger partial charge in [-0.05, 0) is 37.5 Å². The number of nitrogens with zero attached hydrogens (tertiary/aromatic N) is 2. The Morgan fingerprint density at radius 1 is 1.27 bits per heavy atom. The molecule has 0 radical (unpaired) electrons. The van der Waals surface area contributed by atoms with Gasteiger partial charge in [-0.3, -0.25) is 9.59 Å². The van der Waals surface area contributed by atoms with E-state index in [1.807, 2.05) is 39.0 Å². The summed E-state index contributed by atoms with van der Waals surface area (Å²) >= 11 is 0. The van der Waals surface area contributed by atoms with E-state index in [-0.39, 0.29) is 5.91 Å². The number of carbonyl (C=O) groups excluding carboxylic acids is 2. The van der Waals surface area contributed by atoms with Gasteiger partial charge in [-0.25, -0.2) is 0 Å². The van der Waals surface area contributed by atoms with Crippen molar-refractivity contribution in [2.24, 2.45) is 0 Å². The fourth-order valence-electron chi connectivity index (χ4n) is 2.56. The maximum Gasteiger partial charge on any atom is 0.263 e. The number of hydrogen-bond acceptors (Lipinski definition) is 3. The van der Waals surface area contributed by atoms with Gasteiger partial charge in [0.15, 0.2) is 6.10 Å². The Kier molecular flexibility index (Phi) is 5.41. The van der Waals surface area contributed by atoms with Crippen LogP contribution in [-0.2, 0) is 9.59 Å². The molecule has 1 unspecified atom stereocenters. The lowest BCUT2D eigenvalue weighted by atomic mass is 10.1. The van der Waals surface area contributed by atoms with Crippen LogP contribution in [0.25, 0.3) is 0 Å². The minimum atomic E-state index is -0.469. The normalized spacial score (nSPS) is 16.3. The van der Waals surface area contributed by atoms with Crippen LogP contribution in [0.1, 0.15) is 24.5 Å². The number of carbonyl (C=O) groups is 2. The Balaban J connectivity index is 2.03. The summed E-state index contributed by atoms with van der Waals surface area (Å²) in [6, 6.07) is 5.88. The predicted molar refractivity (Wildman–Crippen MR) is 84.8 cm³/mol. The molecular formula is C17H24N2O3. The lowest BCUT2D eigenvalue weighted by Crippen LogP contribution is -2.51. The Bertz CT molecular complexity index is 537. The summed E-state index contributed by atoms with van der Waals surface area (Å²) in [6.07, 6.45) is 0.995. The summed E-state index contributed by atoms with van der Waals surface area (Å²) in [4.78, 5) is 26.8. The number of hydrogen-bond donors (Lipinski definition) is 0. The summed E-state index contributed by atoms with van der Waals surface area (Å²) in [7, 11) is 0. The third-order valence-electron chi connectivity index (χ3n) is 4.25. The molecule has 2 amide bonds. The van der Waals surface area contributed by atoms with Gasteiger partial charge >= 0.3 is 0 Å². The van der Waals surface area contributed by atoms with Crippen LogP contribution >= 0.6 is 0 Å². The summed E-state index contributed by atoms with van der Waals surface area (Å²) in [5, 5.41) is 0. The standard InChI is InChI=1S/C17H24N2O3/c1-4-15(22-16-7-5-6-13(2)14(16)3)17(21)19-10-8-18(12-20)9-11-19/h5-7,12,15H,4,8-11H2,1-3H3. The Morgan fingerprint density at radius 3 is 2.55 bits per heavy atom. The van der Waals surface area contributed by atoms with Crippen LogP contribution in [0.15, 0.2) is 18.2 Å². The van der Waals surface area contributed by atoms with Crippen LogP contribution in [0.5, 0.6) is 5.75 Å². The Labute approximate surface area is 131 Å². The van der Waals surface area contributed by atoms with E-state index in [4.69, 9.17) is 4.74 Å². The van der Waals surface area contributed by atoms with E-state index in [1.54, 1.807) is 9.80 Å². The van der Waals surface area contributed by atoms with Crippen molar-refractivity contribution in [1.29, 1.82) is 0 Å². The molecule has 1 aromatic carbocycles. The highest BCUT2D eigenvalue weighted by Crippen LogP contribution is 2.23. The third kappa shape index (κ3) is 3.59. The first-order chi connectivity index (χ1) is 10.6. The predicted octanol–water partition coefficient (Wildman–Crippen LogP) is 1.76. The van der Waals surface area contributed by atoms with Crippen molar-refractivity contribution in [1.82, 2.24) is 9.80 Å². The first kappa shape index (κ1) is 16.3. The van der Waals surface area contributed by atoms with E-state index in [2.05, 4.69) is 0 Å². The lowest BCUT2D eigenvalue weighted by molar-refractivity contribution is -0.142. The van der Waals surface area contributed by atoms with E-state index in [1.165, 1.54) is 0 Å². The van der Waals surface area contributed by atoms with Gasteiger partial charge in [0.2, 0.25) is 6.41 Å². The molecule has 0 N–H and O–H groups in total. The zero-order valence-corrected chi connectivity index (χ0v) is 13.5. The van der Waals surface area contributed by atoms with Crippen LogP contribution in [0, 0.1) is 13.8 Å². The fourth-order valence-corrected chi connectivity index (χ4v) is 2.56. The van der Waals surface area contributed by atoms with Gasteiger partial charge in [0.25, 0.3) is 5.91 Å². The maximum atomic E-state index is 12.6. The molecule has 0 saturated carbocycles. The average molecular weight is 304 g/mol. The van der Waals surface area contributed by atoms with Gasteiger partial charge in [-0.15, -0.1) is 0 Å². The van der Waals surface area contributed by atoms with Crippen LogP contribution in [0.3, 0.4) is 0 Å². The Hall–Kier alpha value is -2.04. The second-order valence-corrected chi connectivity index (χ2v) is 5.68. The number of amides is 2. The molecule has 1 aliphatic heterocycles. The smallest absolute Gasteiger partial charge is 0.263 e. The second kappa shape index (κ2) is 7.29. The first-order valence-corrected chi connectivity index (χ1v) is 7.77. The molecule has 0 aromatic heterocycles. The minimum Gasteiger partial charge on any atom is -0.480 e.